The molecule has 1 atom stereocenters. The molecule has 1 aliphatic rings. The summed E-state index contributed by atoms with van der Waals surface area (Å²) in [6.45, 7) is 9.05. The quantitative estimate of drug-likeness (QED) is 0.365. The van der Waals surface area contributed by atoms with Gasteiger partial charge in [0.2, 0.25) is 0 Å². The second-order valence-corrected chi connectivity index (χ2v) is 7.55. The summed E-state index contributed by atoms with van der Waals surface area (Å²) in [5.74, 6) is 36.5. The summed E-state index contributed by atoms with van der Waals surface area (Å²) in [7, 11) is 0. The van der Waals surface area contributed by atoms with Crippen molar-refractivity contribution in [2.24, 2.45) is 0 Å². The van der Waals surface area contributed by atoms with Gasteiger partial charge >= 0.3 is 12.0 Å². The number of rotatable bonds is 5. The molecule has 1 aromatic carbocycles. The van der Waals surface area contributed by atoms with E-state index in [0.29, 0.717) is 29.2 Å². The van der Waals surface area contributed by atoms with Crippen LogP contribution in [0.4, 0.5) is 4.79 Å². The highest BCUT2D eigenvalue weighted by Crippen LogP contribution is 2.36. The highest BCUT2D eigenvalue weighted by molar-refractivity contribution is 5.95. The molecule has 38 heavy (non-hydrogen) atoms. The molecule has 6 nitrogen and oxygen atoms in total. The molecule has 0 radical (unpaired) electrons. The van der Waals surface area contributed by atoms with Gasteiger partial charge in [0.1, 0.15) is 5.75 Å². The van der Waals surface area contributed by atoms with Crippen LogP contribution in [0, 0.1) is 82.9 Å². The Labute approximate surface area is 242 Å². The minimum atomic E-state index is -0.843. The fourth-order valence-corrected chi connectivity index (χ4v) is 3.16. The van der Waals surface area contributed by atoms with E-state index in [2.05, 4.69) is 93.5 Å². The highest BCUT2D eigenvalue weighted by Gasteiger charge is 2.35. The Bertz CT molecular complexity index is 1620. The number of hydrogen-bond acceptors (Lipinski definition) is 4. The maximum Gasteiger partial charge on any atom is 0.338 e. The van der Waals surface area contributed by atoms with Crippen molar-refractivity contribution in [1.29, 1.82) is 0 Å². The lowest BCUT2D eigenvalue weighted by Gasteiger charge is -2.30. The van der Waals surface area contributed by atoms with Crippen LogP contribution in [-0.4, -0.2) is 24.7 Å². The van der Waals surface area contributed by atoms with Crippen molar-refractivity contribution in [2.75, 3.05) is 6.61 Å². The zero-order chi connectivity index (χ0) is 27.8. The summed E-state index contributed by atoms with van der Waals surface area (Å²) in [6.07, 6.45) is -0.343. The molecule has 1 aliphatic heterocycles. The monoisotopic (exact) mass is 524 g/mol. The average Bonchev–Trinajstić information content (AvgIpc) is 2.86. The minimum Gasteiger partial charge on any atom is -0.493 e. The lowest BCUT2D eigenvalue weighted by molar-refractivity contribution is -0.143. The summed E-state index contributed by atoms with van der Waals surface area (Å²) in [5.41, 5.74) is 1.70. The summed E-state index contributed by atoms with van der Waals surface area (Å²) < 4.78 is 11.3. The van der Waals surface area contributed by atoms with Crippen molar-refractivity contribution < 1.29 is 36.2 Å². The third kappa shape index (κ3) is 8.89. The average molecular weight is 525 g/mol. The number of ether oxygens (including phenoxy) is 2. The number of esters is 1. The van der Waals surface area contributed by atoms with Gasteiger partial charge in [0.25, 0.3) is 0 Å². The first-order valence-corrected chi connectivity index (χ1v) is 11.6. The van der Waals surface area contributed by atoms with Crippen molar-refractivity contribution in [1.82, 2.24) is 10.6 Å². The van der Waals surface area contributed by atoms with Gasteiger partial charge in [-0.1, -0.05) is 17.9 Å². The van der Waals surface area contributed by atoms with Crippen LogP contribution in [0.25, 0.3) is 0 Å². The van der Waals surface area contributed by atoms with Crippen LogP contribution < -0.4 is 15.4 Å². The number of urea groups is 1. The number of hydrogen-bond donors (Lipinski definition) is 2. The Balaban J connectivity index is -0.000000141. The summed E-state index contributed by atoms with van der Waals surface area (Å²) >= 11 is 0. The van der Waals surface area contributed by atoms with Crippen molar-refractivity contribution >= 4 is 12.0 Å². The van der Waals surface area contributed by atoms with Gasteiger partial charge in [-0.05, 0) is 118 Å². The van der Waals surface area contributed by atoms with E-state index in [1.54, 1.807) is 45.9 Å². The number of allylic oxidation sites excluding steroid dienone is 1. The lowest BCUT2D eigenvalue weighted by Crippen LogP contribution is -2.45. The maximum absolute atomic E-state index is 13.0. The predicted molar refractivity (Wildman–Crippen MR) is 171 cm³/mol. The van der Waals surface area contributed by atoms with E-state index in [1.807, 2.05) is 6.92 Å². The largest absolute Gasteiger partial charge is 0.493 e. The van der Waals surface area contributed by atoms with Crippen LogP contribution in [0.3, 0.4) is 0 Å². The minimum absolute atomic E-state index is 0. The molecule has 2 amide bonds. The lowest BCUT2D eigenvalue weighted by atomic mass is 9.91. The van der Waals surface area contributed by atoms with Gasteiger partial charge in [-0.25, -0.2) is 9.59 Å². The molecule has 0 aromatic heterocycles. The van der Waals surface area contributed by atoms with E-state index in [4.69, 9.17) is 9.47 Å². The van der Waals surface area contributed by atoms with E-state index in [0.717, 1.165) is 0 Å². The summed E-state index contributed by atoms with van der Waals surface area (Å²) in [6, 6.07) is 3.98. The molecular weight excluding hydrogens is 476 g/mol. The molecule has 0 saturated heterocycles. The third-order valence-electron chi connectivity index (χ3n) is 4.50. The summed E-state index contributed by atoms with van der Waals surface area (Å²) in [4.78, 5) is 25.3. The molecular formula is C32H48N2O4. The van der Waals surface area contributed by atoms with Gasteiger partial charge in [0.15, 0.2) is 0 Å². The standard InChI is InChI=1S/C32H24N2O4.12H2/c1-6-8-9-10-11-12-13-14-15-16-17-18-19-21-26-22-20-23-27(37-7-2)29(26)30-28(31(35)38-24(3)4)25(5)33-32(36)34-30;;;;;;;;;;;;/h20,22-24,30H,7H2,1-5H3,(H2,33,34,36);12*1H. The van der Waals surface area contributed by atoms with Gasteiger partial charge < -0.3 is 20.1 Å². The number of amides is 2. The van der Waals surface area contributed by atoms with E-state index in [9.17, 15) is 9.59 Å². The van der Waals surface area contributed by atoms with E-state index in [1.165, 1.54) is 0 Å². The Morgan fingerprint density at radius 1 is 0.974 bits per heavy atom. The maximum atomic E-state index is 13.0. The first-order chi connectivity index (χ1) is 18.4. The number of carbonyl (C=O) groups is 2. The van der Waals surface area contributed by atoms with Gasteiger partial charge in [-0.2, -0.15) is 0 Å². The topological polar surface area (TPSA) is 76.7 Å². The van der Waals surface area contributed by atoms with E-state index < -0.39 is 18.0 Å². The molecule has 6 heteroatoms. The zero-order valence-corrected chi connectivity index (χ0v) is 21.7. The molecule has 2 rings (SSSR count). The summed E-state index contributed by atoms with van der Waals surface area (Å²) in [5, 5.41) is 5.43. The van der Waals surface area contributed by atoms with Crippen LogP contribution >= 0.6 is 0 Å². The van der Waals surface area contributed by atoms with Crippen molar-refractivity contribution in [3.63, 3.8) is 0 Å². The molecule has 0 fully saturated rings. The van der Waals surface area contributed by atoms with Crippen molar-refractivity contribution in [3.8, 4) is 88.6 Å². The van der Waals surface area contributed by atoms with Crippen LogP contribution in [-0.2, 0) is 9.53 Å². The Hall–Kier alpha value is -5.58. The molecule has 0 saturated carbocycles. The Morgan fingerprint density at radius 3 is 2.11 bits per heavy atom. The zero-order valence-electron chi connectivity index (χ0n) is 21.7. The smallest absolute Gasteiger partial charge is 0.338 e. The normalized spacial score (nSPS) is 12.5. The van der Waals surface area contributed by atoms with Gasteiger partial charge in [0.05, 0.1) is 24.3 Å². The van der Waals surface area contributed by atoms with E-state index in [-0.39, 0.29) is 28.8 Å². The van der Waals surface area contributed by atoms with Crippen LogP contribution in [0.1, 0.15) is 68.9 Å². The van der Waals surface area contributed by atoms with Crippen molar-refractivity contribution in [3.05, 3.63) is 40.6 Å². The van der Waals surface area contributed by atoms with E-state index >= 15 is 0 Å². The Morgan fingerprint density at radius 2 is 1.55 bits per heavy atom. The number of benzene rings is 1. The molecule has 0 spiro atoms. The van der Waals surface area contributed by atoms with Crippen LogP contribution in [0.5, 0.6) is 5.75 Å². The van der Waals surface area contributed by atoms with Gasteiger partial charge in [0, 0.05) is 33.9 Å². The highest BCUT2D eigenvalue weighted by atomic mass is 16.5. The Kier molecular flexibility index (Phi) is 11.6. The predicted octanol–water partition coefficient (Wildman–Crippen LogP) is 6.01. The molecule has 1 aromatic rings. The SMILES string of the molecule is CC#CC#CC#CC#CC#CC#CC#Cc1cccc(OCC)c1C1NC(=O)NC(C)=C1C(=O)OC(C)C.[HH].[HH].[HH].[HH].[HH].[HH].[HH].[HH].[HH].[HH].[HH].[HH]. The molecule has 0 bridgehead atoms. The van der Waals surface area contributed by atoms with Crippen LogP contribution in [0.2, 0.25) is 0 Å². The molecule has 1 unspecified atom stereocenters. The second kappa shape index (κ2) is 15.4. The van der Waals surface area contributed by atoms with Gasteiger partial charge in [-0.3, -0.25) is 0 Å². The molecule has 1 heterocycles. The second-order valence-electron chi connectivity index (χ2n) is 7.55. The number of carbonyl (C=O) groups excluding carboxylic acids is 2. The fraction of sp³-hybridized carbons (Fsp3) is 0.250. The van der Waals surface area contributed by atoms with Crippen LogP contribution in [0.15, 0.2) is 29.5 Å². The molecule has 0 aliphatic carbocycles. The molecule has 2 N–H and O–H groups in total. The fourth-order valence-electron chi connectivity index (χ4n) is 3.16. The number of nitrogens with one attached hydrogen (secondary N) is 2. The van der Waals surface area contributed by atoms with Gasteiger partial charge in [-0.15, -0.1) is 0 Å². The first-order valence-electron chi connectivity index (χ1n) is 11.6. The van der Waals surface area contributed by atoms with Crippen molar-refractivity contribution in [2.45, 2.75) is 46.8 Å². The molecule has 210 valence electrons. The third-order valence-corrected chi connectivity index (χ3v) is 4.50. The first kappa shape index (κ1) is 28.7.